The van der Waals surface area contributed by atoms with Gasteiger partial charge in [0.1, 0.15) is 17.3 Å². The second-order valence-corrected chi connectivity index (χ2v) is 5.55. The molecule has 2 aromatic rings. The molecule has 0 bridgehead atoms. The smallest absolute Gasteiger partial charge is 0.145 e. The van der Waals surface area contributed by atoms with Crippen LogP contribution in [0.3, 0.4) is 0 Å². The van der Waals surface area contributed by atoms with Crippen LogP contribution >= 0.6 is 27.5 Å². The molecule has 0 saturated heterocycles. The van der Waals surface area contributed by atoms with E-state index in [1.165, 1.54) is 12.1 Å². The molecular weight excluding hydrogens is 347 g/mol. The third kappa shape index (κ3) is 3.51. The van der Waals surface area contributed by atoms with Gasteiger partial charge in [0, 0.05) is 6.07 Å². The third-order valence-electron chi connectivity index (χ3n) is 2.85. The number of halogens is 3. The fourth-order valence-electron chi connectivity index (χ4n) is 1.70. The zero-order valence-corrected chi connectivity index (χ0v) is 13.1. The second-order valence-electron chi connectivity index (χ2n) is 4.29. The van der Waals surface area contributed by atoms with Gasteiger partial charge in [-0.2, -0.15) is 0 Å². The molecule has 0 fully saturated rings. The first-order chi connectivity index (χ1) is 9.51. The van der Waals surface area contributed by atoms with Crippen LogP contribution in [0.15, 0.2) is 40.9 Å². The van der Waals surface area contributed by atoms with E-state index >= 15 is 0 Å². The maximum Gasteiger partial charge on any atom is 0.145 e. The van der Waals surface area contributed by atoms with Crippen molar-refractivity contribution in [2.45, 2.75) is 19.4 Å². The standard InChI is InChI=1S/C15H13BrClFO2/c1-2-14(19)9-3-5-10(6-4-9)20-15-8-13(18)12(17)7-11(15)16/h3-8,14,19H,2H2,1H3/t14-/m0/s1. The molecule has 2 aromatic carbocycles. The molecule has 0 aliphatic carbocycles. The van der Waals surface area contributed by atoms with Crippen molar-refractivity contribution in [1.29, 1.82) is 0 Å². The Morgan fingerprint density at radius 3 is 2.55 bits per heavy atom. The first kappa shape index (κ1) is 15.3. The van der Waals surface area contributed by atoms with Gasteiger partial charge in [-0.1, -0.05) is 30.7 Å². The minimum absolute atomic E-state index is 0.0330. The molecule has 0 aliphatic heterocycles. The molecule has 0 unspecified atom stereocenters. The summed E-state index contributed by atoms with van der Waals surface area (Å²) in [4.78, 5) is 0. The van der Waals surface area contributed by atoms with E-state index in [1.54, 1.807) is 24.3 Å². The summed E-state index contributed by atoms with van der Waals surface area (Å²) < 4.78 is 19.6. The number of hydrogen-bond acceptors (Lipinski definition) is 2. The molecule has 2 nitrogen and oxygen atoms in total. The van der Waals surface area contributed by atoms with Gasteiger partial charge in [0.05, 0.1) is 15.6 Å². The van der Waals surface area contributed by atoms with Gasteiger partial charge in [-0.25, -0.2) is 4.39 Å². The average molecular weight is 360 g/mol. The lowest BCUT2D eigenvalue weighted by atomic mass is 10.1. The predicted octanol–water partition coefficient (Wildman–Crippen LogP) is 5.48. The van der Waals surface area contributed by atoms with E-state index in [9.17, 15) is 9.50 Å². The molecule has 1 atom stereocenters. The number of aliphatic hydroxyl groups excluding tert-OH is 1. The highest BCUT2D eigenvalue weighted by Gasteiger charge is 2.10. The molecule has 1 N–H and O–H groups in total. The van der Waals surface area contributed by atoms with Crippen molar-refractivity contribution < 1.29 is 14.2 Å². The van der Waals surface area contributed by atoms with Crippen LogP contribution in [0.4, 0.5) is 4.39 Å². The Balaban J connectivity index is 2.20. The van der Waals surface area contributed by atoms with E-state index in [2.05, 4.69) is 15.9 Å². The molecule has 2 rings (SSSR count). The normalized spacial score (nSPS) is 12.2. The minimum atomic E-state index is -0.539. The Morgan fingerprint density at radius 1 is 1.30 bits per heavy atom. The zero-order valence-electron chi connectivity index (χ0n) is 10.7. The topological polar surface area (TPSA) is 29.5 Å². The largest absolute Gasteiger partial charge is 0.456 e. The van der Waals surface area contributed by atoms with E-state index in [4.69, 9.17) is 16.3 Å². The van der Waals surface area contributed by atoms with E-state index in [1.807, 2.05) is 6.92 Å². The average Bonchev–Trinajstić information content (AvgIpc) is 2.44. The van der Waals surface area contributed by atoms with Crippen LogP contribution in [0.2, 0.25) is 5.02 Å². The SMILES string of the molecule is CC[C@H](O)c1ccc(Oc2cc(F)c(Cl)cc2Br)cc1. The molecule has 106 valence electrons. The molecule has 0 aromatic heterocycles. The van der Waals surface area contributed by atoms with Gasteiger partial charge in [-0.05, 0) is 46.1 Å². The molecule has 5 heteroatoms. The Labute approximate surface area is 130 Å². The number of aliphatic hydroxyl groups is 1. The molecule has 20 heavy (non-hydrogen) atoms. The Bertz CT molecular complexity index is 602. The van der Waals surface area contributed by atoms with E-state index in [-0.39, 0.29) is 5.02 Å². The minimum Gasteiger partial charge on any atom is -0.456 e. The molecule has 0 spiro atoms. The van der Waals surface area contributed by atoms with E-state index < -0.39 is 11.9 Å². The van der Waals surface area contributed by atoms with Gasteiger partial charge in [-0.3, -0.25) is 0 Å². The lowest BCUT2D eigenvalue weighted by molar-refractivity contribution is 0.173. The molecule has 0 amide bonds. The van der Waals surface area contributed by atoms with Crippen LogP contribution in [0.5, 0.6) is 11.5 Å². The van der Waals surface area contributed by atoms with Crippen LogP contribution in [-0.4, -0.2) is 5.11 Å². The zero-order chi connectivity index (χ0) is 14.7. The molecule has 0 aliphatic rings. The van der Waals surface area contributed by atoms with Gasteiger partial charge in [0.15, 0.2) is 0 Å². The van der Waals surface area contributed by atoms with Crippen molar-refractivity contribution in [3.63, 3.8) is 0 Å². The number of rotatable bonds is 4. The lowest BCUT2D eigenvalue weighted by Gasteiger charge is -2.11. The second kappa shape index (κ2) is 6.57. The number of benzene rings is 2. The monoisotopic (exact) mass is 358 g/mol. The molecule has 0 radical (unpaired) electrons. The Hall–Kier alpha value is -1.10. The summed E-state index contributed by atoms with van der Waals surface area (Å²) in [6.45, 7) is 1.91. The van der Waals surface area contributed by atoms with Crippen molar-refractivity contribution in [2.24, 2.45) is 0 Å². The summed E-state index contributed by atoms with van der Waals surface area (Å²) >= 11 is 8.94. The van der Waals surface area contributed by atoms with Crippen LogP contribution in [0.25, 0.3) is 0 Å². The molecule has 0 heterocycles. The predicted molar refractivity (Wildman–Crippen MR) is 80.9 cm³/mol. The van der Waals surface area contributed by atoms with Gasteiger partial charge in [-0.15, -0.1) is 0 Å². The summed E-state index contributed by atoms with van der Waals surface area (Å²) in [7, 11) is 0. The first-order valence-corrected chi connectivity index (χ1v) is 7.28. The summed E-state index contributed by atoms with van der Waals surface area (Å²) in [5, 5.41) is 9.74. The Morgan fingerprint density at radius 2 is 1.95 bits per heavy atom. The van der Waals surface area contributed by atoms with Gasteiger partial charge >= 0.3 is 0 Å². The van der Waals surface area contributed by atoms with E-state index in [0.717, 1.165) is 5.56 Å². The lowest BCUT2D eigenvalue weighted by Crippen LogP contribution is -1.95. The highest BCUT2D eigenvalue weighted by molar-refractivity contribution is 9.10. The van der Waals surface area contributed by atoms with Crippen molar-refractivity contribution in [3.05, 3.63) is 57.3 Å². The van der Waals surface area contributed by atoms with Gasteiger partial charge < -0.3 is 9.84 Å². The van der Waals surface area contributed by atoms with Gasteiger partial charge in [0.2, 0.25) is 0 Å². The van der Waals surface area contributed by atoms with Crippen LogP contribution < -0.4 is 4.74 Å². The molecule has 0 saturated carbocycles. The van der Waals surface area contributed by atoms with Crippen LogP contribution in [0.1, 0.15) is 25.0 Å². The third-order valence-corrected chi connectivity index (χ3v) is 3.76. The van der Waals surface area contributed by atoms with Crippen molar-refractivity contribution in [1.82, 2.24) is 0 Å². The van der Waals surface area contributed by atoms with E-state index in [0.29, 0.717) is 22.4 Å². The summed E-state index contributed by atoms with van der Waals surface area (Å²) in [5.41, 5.74) is 0.821. The van der Waals surface area contributed by atoms with Crippen LogP contribution in [0, 0.1) is 5.82 Å². The summed E-state index contributed by atoms with van der Waals surface area (Å²) in [6, 6.07) is 9.69. The van der Waals surface area contributed by atoms with Crippen molar-refractivity contribution in [2.75, 3.05) is 0 Å². The summed E-state index contributed by atoms with van der Waals surface area (Å²) in [5.74, 6) is 0.359. The number of hydrogen-bond donors (Lipinski definition) is 1. The quantitative estimate of drug-likeness (QED) is 0.733. The maximum absolute atomic E-state index is 13.4. The fraction of sp³-hybridized carbons (Fsp3) is 0.200. The highest BCUT2D eigenvalue weighted by Crippen LogP contribution is 2.34. The highest BCUT2D eigenvalue weighted by atomic mass is 79.9. The first-order valence-electron chi connectivity index (χ1n) is 6.11. The Kier molecular flexibility index (Phi) is 5.02. The molecular formula is C15H13BrClFO2. The van der Waals surface area contributed by atoms with Crippen molar-refractivity contribution >= 4 is 27.5 Å². The summed E-state index contributed by atoms with van der Waals surface area (Å²) in [6.07, 6.45) is 0.164. The number of ether oxygens (including phenoxy) is 1. The van der Waals surface area contributed by atoms with Crippen LogP contribution in [-0.2, 0) is 0 Å². The van der Waals surface area contributed by atoms with Crippen molar-refractivity contribution in [3.8, 4) is 11.5 Å². The van der Waals surface area contributed by atoms with Gasteiger partial charge in [0.25, 0.3) is 0 Å². The maximum atomic E-state index is 13.4. The fourth-order valence-corrected chi connectivity index (χ4v) is 2.42.